The van der Waals surface area contributed by atoms with E-state index in [-0.39, 0.29) is 17.2 Å². The fourth-order valence-electron chi connectivity index (χ4n) is 2.92. The summed E-state index contributed by atoms with van der Waals surface area (Å²) in [6, 6.07) is 9.83. The molecule has 1 aliphatic heterocycles. The first-order valence-corrected chi connectivity index (χ1v) is 11.9. The fraction of sp³-hybridized carbons (Fsp3) is 0.300. The number of amides is 2. The summed E-state index contributed by atoms with van der Waals surface area (Å²) >= 11 is 7.56. The number of hydrogen-bond acceptors (Lipinski definition) is 5. The number of sulfone groups is 1. The van der Waals surface area contributed by atoms with E-state index >= 15 is 0 Å². The minimum atomic E-state index is -3.75. The van der Waals surface area contributed by atoms with Gasteiger partial charge in [0.1, 0.15) is 0 Å². The van der Waals surface area contributed by atoms with E-state index in [1.807, 2.05) is 0 Å². The Bertz CT molecular complexity index is 1070. The lowest BCUT2D eigenvalue weighted by atomic mass is 10.2. The molecule has 154 valence electrons. The van der Waals surface area contributed by atoms with E-state index in [0.717, 1.165) is 10.5 Å². The second-order valence-electron chi connectivity index (χ2n) is 6.82. The molecule has 1 heterocycles. The quantitative estimate of drug-likeness (QED) is 0.706. The maximum absolute atomic E-state index is 13.0. The summed E-state index contributed by atoms with van der Waals surface area (Å²) in [7, 11) is -3.75. The summed E-state index contributed by atoms with van der Waals surface area (Å²) < 4.78 is 25.9. The smallest absolute Gasteiger partial charge is 0.225 e. The third kappa shape index (κ3) is 4.94. The second-order valence-corrected chi connectivity index (χ2v) is 10.7. The van der Waals surface area contributed by atoms with Crippen molar-refractivity contribution in [3.05, 3.63) is 47.0 Å². The Morgan fingerprint density at radius 2 is 2.07 bits per heavy atom. The number of carbonyl (C=O) groups excluding carboxylic acids is 2. The van der Waals surface area contributed by atoms with Crippen molar-refractivity contribution in [3.63, 3.8) is 0 Å². The van der Waals surface area contributed by atoms with Crippen LogP contribution in [0.1, 0.15) is 25.3 Å². The van der Waals surface area contributed by atoms with Crippen molar-refractivity contribution in [1.29, 1.82) is 0 Å². The summed E-state index contributed by atoms with van der Waals surface area (Å²) in [5.41, 5.74) is 1.76. The van der Waals surface area contributed by atoms with Crippen LogP contribution in [0, 0.1) is 6.92 Å². The highest BCUT2D eigenvalue weighted by Gasteiger charge is 2.27. The zero-order chi connectivity index (χ0) is 21.2. The van der Waals surface area contributed by atoms with E-state index < -0.39 is 21.0 Å². The molecule has 9 heteroatoms. The van der Waals surface area contributed by atoms with Gasteiger partial charge in [0.25, 0.3) is 0 Å². The molecule has 1 unspecified atom stereocenters. The van der Waals surface area contributed by atoms with Crippen LogP contribution in [0.4, 0.5) is 11.4 Å². The summed E-state index contributed by atoms with van der Waals surface area (Å²) in [6.07, 6.45) is 0.174. The van der Waals surface area contributed by atoms with Crippen LogP contribution in [0.15, 0.2) is 46.2 Å². The predicted molar refractivity (Wildman–Crippen MR) is 116 cm³/mol. The highest BCUT2D eigenvalue weighted by atomic mass is 35.5. The lowest BCUT2D eigenvalue weighted by molar-refractivity contribution is -0.116. The molecule has 2 amide bonds. The van der Waals surface area contributed by atoms with Gasteiger partial charge in [0.05, 0.1) is 15.8 Å². The van der Waals surface area contributed by atoms with Crippen LogP contribution in [0.5, 0.6) is 0 Å². The normalized spacial score (nSPS) is 15.1. The van der Waals surface area contributed by atoms with E-state index in [9.17, 15) is 18.0 Å². The van der Waals surface area contributed by atoms with Crippen LogP contribution >= 0.6 is 23.4 Å². The molecule has 0 aromatic heterocycles. The van der Waals surface area contributed by atoms with Crippen molar-refractivity contribution in [2.45, 2.75) is 41.7 Å². The SMILES string of the molecule is Cc1c(Cl)cccc1NC(=O)CC(C)S(=O)(=O)c1ccc2c(c1)NC(=O)CCS2. The Hall–Kier alpha value is -2.03. The number of thioether (sulfide) groups is 1. The van der Waals surface area contributed by atoms with Gasteiger partial charge in [-0.3, -0.25) is 9.59 Å². The molecule has 29 heavy (non-hydrogen) atoms. The van der Waals surface area contributed by atoms with E-state index in [1.165, 1.54) is 30.8 Å². The van der Waals surface area contributed by atoms with Gasteiger partial charge in [0.15, 0.2) is 9.84 Å². The zero-order valence-electron chi connectivity index (χ0n) is 16.0. The monoisotopic (exact) mass is 452 g/mol. The molecule has 2 aromatic carbocycles. The minimum absolute atomic E-state index is 0.0817. The van der Waals surface area contributed by atoms with Gasteiger partial charge in [-0.1, -0.05) is 17.7 Å². The average molecular weight is 453 g/mol. The Kier molecular flexibility index (Phi) is 6.55. The molecule has 1 aliphatic rings. The van der Waals surface area contributed by atoms with Crippen molar-refractivity contribution < 1.29 is 18.0 Å². The molecule has 1 atom stereocenters. The minimum Gasteiger partial charge on any atom is -0.326 e. The highest BCUT2D eigenvalue weighted by Crippen LogP contribution is 2.33. The number of rotatable bonds is 5. The first kappa shape index (κ1) is 21.7. The van der Waals surface area contributed by atoms with Crippen LogP contribution in [0.25, 0.3) is 0 Å². The maximum atomic E-state index is 13.0. The van der Waals surface area contributed by atoms with E-state index in [2.05, 4.69) is 10.6 Å². The standard InChI is InChI=1S/C20H21ClN2O4S2/c1-12(10-20(25)22-16-5-3-4-15(21)13(16)2)29(26,27)14-6-7-18-17(11-14)23-19(24)8-9-28-18/h3-7,11-12H,8-10H2,1-2H3,(H,22,25)(H,23,24). The lowest BCUT2D eigenvalue weighted by Gasteiger charge is -2.16. The Labute approximate surface area is 179 Å². The van der Waals surface area contributed by atoms with Crippen molar-refractivity contribution in [2.75, 3.05) is 16.4 Å². The van der Waals surface area contributed by atoms with Gasteiger partial charge in [0.2, 0.25) is 11.8 Å². The first-order valence-electron chi connectivity index (χ1n) is 9.04. The van der Waals surface area contributed by atoms with Gasteiger partial charge in [-0.25, -0.2) is 8.42 Å². The highest BCUT2D eigenvalue weighted by molar-refractivity contribution is 7.99. The van der Waals surface area contributed by atoms with Crippen LogP contribution in [0.3, 0.4) is 0 Å². The molecule has 2 aromatic rings. The molecule has 6 nitrogen and oxygen atoms in total. The van der Waals surface area contributed by atoms with Crippen molar-refractivity contribution in [1.82, 2.24) is 0 Å². The van der Waals surface area contributed by atoms with E-state index in [0.29, 0.717) is 28.6 Å². The number of halogens is 1. The summed E-state index contributed by atoms with van der Waals surface area (Å²) in [6.45, 7) is 3.28. The van der Waals surface area contributed by atoms with Gasteiger partial charge in [0, 0.05) is 34.2 Å². The number of hydrogen-bond donors (Lipinski definition) is 2. The van der Waals surface area contributed by atoms with Crippen LogP contribution < -0.4 is 10.6 Å². The largest absolute Gasteiger partial charge is 0.326 e. The topological polar surface area (TPSA) is 92.3 Å². The van der Waals surface area contributed by atoms with Gasteiger partial charge in [-0.15, -0.1) is 11.8 Å². The zero-order valence-corrected chi connectivity index (χ0v) is 18.4. The summed E-state index contributed by atoms with van der Waals surface area (Å²) in [4.78, 5) is 25.1. The number of benzene rings is 2. The van der Waals surface area contributed by atoms with Gasteiger partial charge in [-0.05, 0) is 49.7 Å². The molecule has 0 bridgehead atoms. The number of anilines is 2. The summed E-state index contributed by atoms with van der Waals surface area (Å²) in [5, 5.41) is 5.05. The summed E-state index contributed by atoms with van der Waals surface area (Å²) in [5.74, 6) is 0.0879. The van der Waals surface area contributed by atoms with Crippen molar-refractivity contribution in [2.24, 2.45) is 0 Å². The third-order valence-corrected chi connectivity index (χ3v) is 8.31. The fourth-order valence-corrected chi connectivity index (χ4v) is 5.41. The molecular formula is C20H21ClN2O4S2. The Balaban J connectivity index is 1.76. The Morgan fingerprint density at radius 3 is 2.83 bits per heavy atom. The molecule has 0 aliphatic carbocycles. The van der Waals surface area contributed by atoms with Crippen molar-refractivity contribution in [3.8, 4) is 0 Å². The van der Waals surface area contributed by atoms with Crippen LogP contribution in [0.2, 0.25) is 5.02 Å². The van der Waals surface area contributed by atoms with Gasteiger partial charge >= 0.3 is 0 Å². The van der Waals surface area contributed by atoms with E-state index in [1.54, 1.807) is 31.2 Å². The van der Waals surface area contributed by atoms with Crippen LogP contribution in [-0.4, -0.2) is 31.2 Å². The van der Waals surface area contributed by atoms with Gasteiger partial charge < -0.3 is 10.6 Å². The average Bonchev–Trinajstić information content (AvgIpc) is 2.85. The number of fused-ring (bicyclic) bond motifs is 1. The first-order chi connectivity index (χ1) is 13.7. The third-order valence-electron chi connectivity index (χ3n) is 4.68. The molecular weight excluding hydrogens is 432 g/mol. The molecule has 0 saturated carbocycles. The van der Waals surface area contributed by atoms with Gasteiger partial charge in [-0.2, -0.15) is 0 Å². The Morgan fingerprint density at radius 1 is 1.31 bits per heavy atom. The molecule has 0 spiro atoms. The molecule has 0 fully saturated rings. The maximum Gasteiger partial charge on any atom is 0.225 e. The van der Waals surface area contributed by atoms with Crippen LogP contribution in [-0.2, 0) is 19.4 Å². The number of nitrogens with one attached hydrogen (secondary N) is 2. The van der Waals surface area contributed by atoms with Crippen molar-refractivity contribution >= 4 is 56.4 Å². The molecule has 2 N–H and O–H groups in total. The second kappa shape index (κ2) is 8.77. The predicted octanol–water partition coefficient (Wildman–Crippen LogP) is 4.27. The van der Waals surface area contributed by atoms with E-state index in [4.69, 9.17) is 11.6 Å². The molecule has 0 radical (unpaired) electrons. The lowest BCUT2D eigenvalue weighted by Crippen LogP contribution is -2.25. The number of carbonyl (C=O) groups is 2. The molecule has 0 saturated heterocycles. The molecule has 3 rings (SSSR count).